The van der Waals surface area contributed by atoms with E-state index in [1.54, 1.807) is 24.3 Å². The van der Waals surface area contributed by atoms with Gasteiger partial charge in [0, 0.05) is 29.4 Å². The highest BCUT2D eigenvalue weighted by atomic mass is 35.5. The summed E-state index contributed by atoms with van der Waals surface area (Å²) in [5, 5.41) is 3.27. The topological polar surface area (TPSA) is 66.5 Å². The molecule has 7 heteroatoms. The van der Waals surface area contributed by atoms with E-state index in [0.717, 1.165) is 12.8 Å². The Balaban J connectivity index is 1.72. The maximum Gasteiger partial charge on any atom is 0.255 e. The molecule has 3 rings (SSSR count). The number of hydrogen-bond donors (Lipinski definition) is 1. The van der Waals surface area contributed by atoms with Crippen molar-refractivity contribution in [3.63, 3.8) is 0 Å². The van der Waals surface area contributed by atoms with Gasteiger partial charge in [-0.2, -0.15) is 4.31 Å². The van der Waals surface area contributed by atoms with Crippen molar-refractivity contribution in [3.05, 3.63) is 59.1 Å². The number of hydrogen-bond acceptors (Lipinski definition) is 3. The van der Waals surface area contributed by atoms with Gasteiger partial charge in [0.2, 0.25) is 10.0 Å². The Hall–Kier alpha value is -1.89. The zero-order valence-electron chi connectivity index (χ0n) is 14.5. The van der Waals surface area contributed by atoms with Gasteiger partial charge in [-0.05, 0) is 61.2 Å². The minimum absolute atomic E-state index is 0.214. The number of halogens is 1. The Bertz CT molecular complexity index is 889. The van der Waals surface area contributed by atoms with Crippen molar-refractivity contribution in [2.75, 3.05) is 18.4 Å². The smallest absolute Gasteiger partial charge is 0.255 e. The molecule has 0 aliphatic carbocycles. The molecule has 0 spiro atoms. The molecule has 0 saturated carbocycles. The largest absolute Gasteiger partial charge is 0.322 e. The molecule has 0 radical (unpaired) electrons. The second kappa shape index (κ2) is 7.78. The second-order valence-electron chi connectivity index (χ2n) is 6.58. The van der Waals surface area contributed by atoms with Crippen LogP contribution in [0, 0.1) is 5.92 Å². The molecule has 5 nitrogen and oxygen atoms in total. The van der Waals surface area contributed by atoms with Crippen LogP contribution in [0.3, 0.4) is 0 Å². The van der Waals surface area contributed by atoms with Crippen molar-refractivity contribution in [3.8, 4) is 0 Å². The fourth-order valence-electron chi connectivity index (χ4n) is 2.92. The van der Waals surface area contributed by atoms with E-state index in [9.17, 15) is 13.2 Å². The molecule has 0 aromatic heterocycles. The number of nitrogens with zero attached hydrogens (tertiary/aromatic N) is 1. The maximum atomic E-state index is 12.7. The van der Waals surface area contributed by atoms with E-state index in [-0.39, 0.29) is 10.8 Å². The molecule has 2 aromatic carbocycles. The lowest BCUT2D eigenvalue weighted by atomic mass is 10.0. The van der Waals surface area contributed by atoms with E-state index in [2.05, 4.69) is 12.2 Å². The molecule has 2 aromatic rings. The maximum absolute atomic E-state index is 12.7. The molecule has 138 valence electrons. The zero-order chi connectivity index (χ0) is 18.7. The van der Waals surface area contributed by atoms with Crippen LogP contribution in [0.1, 0.15) is 30.1 Å². The SMILES string of the molecule is CC1CCN(S(=O)(=O)c2ccc(C(=O)Nc3cccc(Cl)c3)cc2)CC1. The molecular formula is C19H21ClN2O3S. The average molecular weight is 393 g/mol. The van der Waals surface area contributed by atoms with Crippen molar-refractivity contribution in [2.24, 2.45) is 5.92 Å². The van der Waals surface area contributed by atoms with Crippen molar-refractivity contribution in [1.82, 2.24) is 4.31 Å². The minimum atomic E-state index is -3.51. The fourth-order valence-corrected chi connectivity index (χ4v) is 4.58. The summed E-state index contributed by atoms with van der Waals surface area (Å²) in [5.74, 6) is 0.238. The van der Waals surface area contributed by atoms with Crippen LogP contribution in [-0.4, -0.2) is 31.7 Å². The second-order valence-corrected chi connectivity index (χ2v) is 8.95. The highest BCUT2D eigenvalue weighted by Crippen LogP contribution is 2.24. The Kier molecular flexibility index (Phi) is 5.65. The van der Waals surface area contributed by atoms with E-state index in [4.69, 9.17) is 11.6 Å². The van der Waals surface area contributed by atoms with Crippen LogP contribution in [0.4, 0.5) is 5.69 Å². The van der Waals surface area contributed by atoms with Crippen molar-refractivity contribution in [1.29, 1.82) is 0 Å². The first-order chi connectivity index (χ1) is 12.4. The number of benzene rings is 2. The normalized spacial score (nSPS) is 16.4. The number of carbonyl (C=O) groups is 1. The summed E-state index contributed by atoms with van der Waals surface area (Å²) < 4.78 is 27.0. The van der Waals surface area contributed by atoms with Gasteiger partial charge in [0.05, 0.1) is 4.90 Å². The van der Waals surface area contributed by atoms with E-state index in [1.807, 2.05) is 0 Å². The summed E-state index contributed by atoms with van der Waals surface area (Å²) in [6, 6.07) is 12.9. The van der Waals surface area contributed by atoms with Gasteiger partial charge in [-0.3, -0.25) is 4.79 Å². The van der Waals surface area contributed by atoms with E-state index in [0.29, 0.717) is 35.3 Å². The summed E-state index contributed by atoms with van der Waals surface area (Å²) >= 11 is 5.91. The molecule has 1 saturated heterocycles. The number of sulfonamides is 1. The van der Waals surface area contributed by atoms with Crippen molar-refractivity contribution < 1.29 is 13.2 Å². The monoisotopic (exact) mass is 392 g/mol. The van der Waals surface area contributed by atoms with Gasteiger partial charge in [0.25, 0.3) is 5.91 Å². The van der Waals surface area contributed by atoms with Crippen LogP contribution in [0.2, 0.25) is 5.02 Å². The van der Waals surface area contributed by atoms with Crippen LogP contribution in [0.25, 0.3) is 0 Å². The van der Waals surface area contributed by atoms with E-state index < -0.39 is 10.0 Å². The Morgan fingerprint density at radius 1 is 1.12 bits per heavy atom. The zero-order valence-corrected chi connectivity index (χ0v) is 16.1. The number of nitrogens with one attached hydrogen (secondary N) is 1. The first-order valence-corrected chi connectivity index (χ1v) is 10.4. The molecule has 0 bridgehead atoms. The molecule has 1 N–H and O–H groups in total. The number of anilines is 1. The summed E-state index contributed by atoms with van der Waals surface area (Å²) in [5.41, 5.74) is 0.970. The standard InChI is InChI=1S/C19H21ClN2O3S/c1-14-9-11-22(12-10-14)26(24,25)18-7-5-15(6-8-18)19(23)21-17-4-2-3-16(20)13-17/h2-8,13-14H,9-12H2,1H3,(H,21,23). The van der Waals surface area contributed by atoms with Crippen molar-refractivity contribution >= 4 is 33.2 Å². The lowest BCUT2D eigenvalue weighted by molar-refractivity contribution is 0.102. The number of piperidine rings is 1. The third-order valence-corrected chi connectivity index (χ3v) is 6.73. The summed E-state index contributed by atoms with van der Waals surface area (Å²) in [7, 11) is -3.51. The lowest BCUT2D eigenvalue weighted by Gasteiger charge is -2.29. The molecular weight excluding hydrogens is 372 g/mol. The van der Waals surface area contributed by atoms with Crippen LogP contribution in [0.15, 0.2) is 53.4 Å². The van der Waals surface area contributed by atoms with Crippen LogP contribution in [0.5, 0.6) is 0 Å². The summed E-state index contributed by atoms with van der Waals surface area (Å²) in [6.07, 6.45) is 1.75. The Morgan fingerprint density at radius 3 is 2.38 bits per heavy atom. The summed E-state index contributed by atoms with van der Waals surface area (Å²) in [6.45, 7) is 3.22. The number of rotatable bonds is 4. The number of amides is 1. The average Bonchev–Trinajstić information content (AvgIpc) is 2.62. The van der Waals surface area contributed by atoms with Crippen LogP contribution < -0.4 is 5.32 Å². The molecule has 1 heterocycles. The van der Waals surface area contributed by atoms with Crippen molar-refractivity contribution in [2.45, 2.75) is 24.7 Å². The first-order valence-electron chi connectivity index (χ1n) is 8.53. The van der Waals surface area contributed by atoms with Gasteiger partial charge in [0.1, 0.15) is 0 Å². The molecule has 26 heavy (non-hydrogen) atoms. The van der Waals surface area contributed by atoms with Gasteiger partial charge in [-0.15, -0.1) is 0 Å². The van der Waals surface area contributed by atoms with Gasteiger partial charge in [-0.1, -0.05) is 24.6 Å². The molecule has 1 aliphatic rings. The van der Waals surface area contributed by atoms with Gasteiger partial charge in [-0.25, -0.2) is 8.42 Å². The Labute approximate surface area is 159 Å². The predicted octanol–water partition coefficient (Wildman–Crippen LogP) is 4.01. The first kappa shape index (κ1) is 18.9. The van der Waals surface area contributed by atoms with Gasteiger partial charge >= 0.3 is 0 Å². The third kappa shape index (κ3) is 4.26. The molecule has 1 aliphatic heterocycles. The molecule has 0 unspecified atom stereocenters. The lowest BCUT2D eigenvalue weighted by Crippen LogP contribution is -2.37. The summed E-state index contributed by atoms with van der Waals surface area (Å²) in [4.78, 5) is 12.5. The van der Waals surface area contributed by atoms with Crippen LogP contribution in [-0.2, 0) is 10.0 Å². The van der Waals surface area contributed by atoms with Gasteiger partial charge < -0.3 is 5.32 Å². The molecule has 1 amide bonds. The minimum Gasteiger partial charge on any atom is -0.322 e. The number of carbonyl (C=O) groups excluding carboxylic acids is 1. The highest BCUT2D eigenvalue weighted by molar-refractivity contribution is 7.89. The fraction of sp³-hybridized carbons (Fsp3) is 0.316. The Morgan fingerprint density at radius 2 is 1.77 bits per heavy atom. The van der Waals surface area contributed by atoms with E-state index >= 15 is 0 Å². The van der Waals surface area contributed by atoms with Crippen LogP contribution >= 0.6 is 11.6 Å². The predicted molar refractivity (Wildman–Crippen MR) is 103 cm³/mol. The highest BCUT2D eigenvalue weighted by Gasteiger charge is 2.28. The third-order valence-electron chi connectivity index (χ3n) is 4.58. The van der Waals surface area contributed by atoms with E-state index in [1.165, 1.54) is 28.6 Å². The molecule has 0 atom stereocenters. The van der Waals surface area contributed by atoms with Gasteiger partial charge in [0.15, 0.2) is 0 Å². The molecule has 1 fully saturated rings. The quantitative estimate of drug-likeness (QED) is 0.854.